The molecule has 2 rings (SSSR count). The predicted octanol–water partition coefficient (Wildman–Crippen LogP) is 1.06. The van der Waals surface area contributed by atoms with Crippen molar-refractivity contribution in [3.8, 4) is 0 Å². The maximum absolute atomic E-state index is 12.7. The van der Waals surface area contributed by atoms with E-state index in [9.17, 15) is 18.3 Å². The summed E-state index contributed by atoms with van der Waals surface area (Å²) < 4.78 is 43.3. The number of nitrogens with zero attached hydrogens (tertiary/aromatic N) is 3. The van der Waals surface area contributed by atoms with Gasteiger partial charge < -0.3 is 20.5 Å². The van der Waals surface area contributed by atoms with Crippen LogP contribution in [0.3, 0.4) is 0 Å². The SMILES string of the molecule is CN(CC1(O)CCOCC1)c1cc(C(F)(F)F)nc(N)n1. The van der Waals surface area contributed by atoms with Crippen molar-refractivity contribution >= 4 is 11.8 Å². The Hall–Kier alpha value is -1.61. The number of ether oxygens (including phenoxy) is 1. The lowest BCUT2D eigenvalue weighted by Crippen LogP contribution is -2.46. The van der Waals surface area contributed by atoms with Crippen molar-refractivity contribution < 1.29 is 23.0 Å². The quantitative estimate of drug-likeness (QED) is 0.868. The summed E-state index contributed by atoms with van der Waals surface area (Å²) in [5, 5.41) is 10.4. The van der Waals surface area contributed by atoms with E-state index in [4.69, 9.17) is 10.5 Å². The predicted molar refractivity (Wildman–Crippen MR) is 69.7 cm³/mol. The molecule has 1 aliphatic heterocycles. The van der Waals surface area contributed by atoms with Gasteiger partial charge in [0.25, 0.3) is 0 Å². The van der Waals surface area contributed by atoms with Crippen LogP contribution in [-0.4, -0.2) is 47.5 Å². The molecule has 0 atom stereocenters. The highest BCUT2D eigenvalue weighted by Crippen LogP contribution is 2.30. The zero-order chi connectivity index (χ0) is 15.7. The van der Waals surface area contributed by atoms with E-state index in [-0.39, 0.29) is 12.4 Å². The van der Waals surface area contributed by atoms with Gasteiger partial charge in [-0.25, -0.2) is 4.98 Å². The zero-order valence-electron chi connectivity index (χ0n) is 11.5. The third-order valence-electron chi connectivity index (χ3n) is 3.37. The number of nitrogens with two attached hydrogens (primary N) is 1. The number of halogens is 3. The third-order valence-corrected chi connectivity index (χ3v) is 3.37. The van der Waals surface area contributed by atoms with Crippen molar-refractivity contribution in [3.05, 3.63) is 11.8 Å². The smallest absolute Gasteiger partial charge is 0.388 e. The summed E-state index contributed by atoms with van der Waals surface area (Å²) >= 11 is 0. The minimum Gasteiger partial charge on any atom is -0.388 e. The maximum atomic E-state index is 12.7. The Morgan fingerprint density at radius 2 is 2.00 bits per heavy atom. The Morgan fingerprint density at radius 1 is 1.38 bits per heavy atom. The minimum atomic E-state index is -4.60. The van der Waals surface area contributed by atoms with Crippen LogP contribution in [0.25, 0.3) is 0 Å². The molecule has 0 aromatic carbocycles. The Balaban J connectivity index is 2.19. The molecule has 1 saturated heterocycles. The standard InChI is InChI=1S/C12H17F3N4O2/c1-19(7-11(20)2-4-21-5-3-11)9-6-8(12(13,14)15)17-10(16)18-9/h6,20H,2-5,7H2,1H3,(H2,16,17,18). The Bertz CT molecular complexity index is 504. The van der Waals surface area contributed by atoms with Crippen LogP contribution in [0, 0.1) is 0 Å². The summed E-state index contributed by atoms with van der Waals surface area (Å²) in [5.74, 6) is -0.430. The van der Waals surface area contributed by atoms with Crippen molar-refractivity contribution in [2.45, 2.75) is 24.6 Å². The molecule has 0 radical (unpaired) electrons. The lowest BCUT2D eigenvalue weighted by Gasteiger charge is -2.35. The molecule has 118 valence electrons. The molecular formula is C12H17F3N4O2. The molecule has 0 amide bonds. The number of hydrogen-bond acceptors (Lipinski definition) is 6. The van der Waals surface area contributed by atoms with Gasteiger partial charge in [-0.2, -0.15) is 18.2 Å². The van der Waals surface area contributed by atoms with E-state index in [0.717, 1.165) is 6.07 Å². The van der Waals surface area contributed by atoms with Crippen molar-refractivity contribution in [1.82, 2.24) is 9.97 Å². The second kappa shape index (κ2) is 5.64. The Morgan fingerprint density at radius 3 is 2.57 bits per heavy atom. The minimum absolute atomic E-state index is 0.0229. The molecule has 1 aromatic heterocycles. The fourth-order valence-electron chi connectivity index (χ4n) is 2.23. The molecule has 3 N–H and O–H groups in total. The maximum Gasteiger partial charge on any atom is 0.433 e. The van der Waals surface area contributed by atoms with Crippen LogP contribution in [0.4, 0.5) is 24.9 Å². The second-order valence-corrected chi connectivity index (χ2v) is 5.16. The molecule has 2 heterocycles. The van der Waals surface area contributed by atoms with Gasteiger partial charge in [0.15, 0.2) is 5.69 Å². The van der Waals surface area contributed by atoms with Crippen LogP contribution in [0.2, 0.25) is 0 Å². The van der Waals surface area contributed by atoms with Crippen LogP contribution in [0.15, 0.2) is 6.07 Å². The lowest BCUT2D eigenvalue weighted by molar-refractivity contribution is -0.141. The molecule has 0 spiro atoms. The number of likely N-dealkylation sites (N-methyl/N-ethyl adjacent to an activating group) is 1. The van der Waals surface area contributed by atoms with Crippen LogP contribution < -0.4 is 10.6 Å². The summed E-state index contributed by atoms with van der Waals surface area (Å²) in [6, 6.07) is 0.818. The van der Waals surface area contributed by atoms with Gasteiger partial charge in [0.1, 0.15) is 5.82 Å². The highest BCUT2D eigenvalue weighted by molar-refractivity contribution is 5.43. The van der Waals surface area contributed by atoms with Crippen molar-refractivity contribution in [3.63, 3.8) is 0 Å². The van der Waals surface area contributed by atoms with Gasteiger partial charge in [-0.3, -0.25) is 0 Å². The molecule has 0 saturated carbocycles. The number of hydrogen-bond donors (Lipinski definition) is 2. The molecule has 1 aromatic rings. The summed E-state index contributed by atoms with van der Waals surface area (Å²) in [6.45, 7) is 0.984. The number of anilines is 2. The van der Waals surface area contributed by atoms with E-state index in [1.165, 1.54) is 4.90 Å². The molecule has 6 nitrogen and oxygen atoms in total. The van der Waals surface area contributed by atoms with Gasteiger partial charge in [-0.05, 0) is 0 Å². The summed E-state index contributed by atoms with van der Waals surface area (Å²) in [7, 11) is 1.55. The first kappa shape index (κ1) is 15.8. The molecule has 1 aliphatic rings. The van der Waals surface area contributed by atoms with Crippen LogP contribution in [0.1, 0.15) is 18.5 Å². The number of alkyl halides is 3. The molecule has 0 unspecified atom stereocenters. The molecule has 0 aliphatic carbocycles. The van der Waals surface area contributed by atoms with Crippen LogP contribution in [-0.2, 0) is 10.9 Å². The number of nitrogen functional groups attached to an aromatic ring is 1. The van der Waals surface area contributed by atoms with E-state index in [1.54, 1.807) is 7.05 Å². The second-order valence-electron chi connectivity index (χ2n) is 5.16. The first-order chi connectivity index (χ1) is 9.70. The largest absolute Gasteiger partial charge is 0.433 e. The van der Waals surface area contributed by atoms with E-state index in [0.29, 0.717) is 26.1 Å². The Labute approximate surface area is 119 Å². The molecule has 1 fully saturated rings. The van der Waals surface area contributed by atoms with Gasteiger partial charge in [-0.15, -0.1) is 0 Å². The van der Waals surface area contributed by atoms with Crippen LogP contribution in [0.5, 0.6) is 0 Å². The van der Waals surface area contributed by atoms with Crippen molar-refractivity contribution in [2.75, 3.05) is 37.4 Å². The average Bonchev–Trinajstić information content (AvgIpc) is 2.37. The first-order valence-electron chi connectivity index (χ1n) is 6.43. The highest BCUT2D eigenvalue weighted by Gasteiger charge is 2.35. The van der Waals surface area contributed by atoms with Gasteiger partial charge >= 0.3 is 6.18 Å². The molecular weight excluding hydrogens is 289 g/mol. The average molecular weight is 306 g/mol. The Kier molecular flexibility index (Phi) is 4.24. The monoisotopic (exact) mass is 306 g/mol. The van der Waals surface area contributed by atoms with Crippen molar-refractivity contribution in [1.29, 1.82) is 0 Å². The van der Waals surface area contributed by atoms with E-state index in [2.05, 4.69) is 9.97 Å². The first-order valence-corrected chi connectivity index (χ1v) is 6.43. The molecule has 21 heavy (non-hydrogen) atoms. The van der Waals surface area contributed by atoms with E-state index < -0.39 is 23.4 Å². The number of rotatable bonds is 3. The third kappa shape index (κ3) is 3.94. The number of aromatic nitrogens is 2. The van der Waals surface area contributed by atoms with Crippen LogP contribution >= 0.6 is 0 Å². The summed E-state index contributed by atoms with van der Waals surface area (Å²) in [5.41, 5.74) is 3.22. The van der Waals surface area contributed by atoms with Crippen molar-refractivity contribution in [2.24, 2.45) is 0 Å². The van der Waals surface area contributed by atoms with E-state index in [1.807, 2.05) is 0 Å². The molecule has 0 bridgehead atoms. The van der Waals surface area contributed by atoms with Gasteiger partial charge in [0.2, 0.25) is 5.95 Å². The van der Waals surface area contributed by atoms with Gasteiger partial charge in [0.05, 0.1) is 5.60 Å². The van der Waals surface area contributed by atoms with E-state index >= 15 is 0 Å². The molecule has 9 heteroatoms. The normalized spacial score (nSPS) is 18.5. The fourth-order valence-corrected chi connectivity index (χ4v) is 2.23. The van der Waals surface area contributed by atoms with Gasteiger partial charge in [-0.1, -0.05) is 0 Å². The zero-order valence-corrected chi connectivity index (χ0v) is 11.5. The topological polar surface area (TPSA) is 84.5 Å². The number of aliphatic hydroxyl groups is 1. The summed E-state index contributed by atoms with van der Waals surface area (Å²) in [6.07, 6.45) is -3.75. The fraction of sp³-hybridized carbons (Fsp3) is 0.667. The highest BCUT2D eigenvalue weighted by atomic mass is 19.4. The lowest BCUT2D eigenvalue weighted by atomic mass is 9.94. The summed E-state index contributed by atoms with van der Waals surface area (Å²) in [4.78, 5) is 8.42. The van der Waals surface area contributed by atoms with Gasteiger partial charge in [0, 0.05) is 45.7 Å².